The Kier molecular flexibility index (Phi) is 7.27. The molecule has 0 spiro atoms. The zero-order valence-electron chi connectivity index (χ0n) is 24.0. The zero-order valence-corrected chi connectivity index (χ0v) is 24.8. The van der Waals surface area contributed by atoms with Crippen LogP contribution in [0.2, 0.25) is 0 Å². The molecule has 0 aliphatic carbocycles. The molecule has 6 rings (SSSR count). The predicted octanol–water partition coefficient (Wildman–Crippen LogP) is 8.55. The topological polar surface area (TPSA) is 33.9 Å². The Morgan fingerprint density at radius 3 is 2.39 bits per heavy atom. The number of fused-ring (bicyclic) bond motifs is 7. The Balaban J connectivity index is 0.000000937. The van der Waals surface area contributed by atoms with E-state index in [-0.39, 0.29) is 5.54 Å². The Morgan fingerprint density at radius 1 is 1.08 bits per heavy atom. The predicted molar refractivity (Wildman–Crippen MR) is 168 cm³/mol. The molecule has 5 heteroatoms. The fourth-order valence-electron chi connectivity index (χ4n) is 6.26. The molecule has 38 heavy (non-hydrogen) atoms. The van der Waals surface area contributed by atoms with Gasteiger partial charge in [0.05, 0.1) is 16.9 Å². The SMILES string of the molecule is C=C1NC(C)(C)C(C)=C1c1c2n(c3ccccc13)CCC(NSC)C(C)n1c-2cc2ccccc21.CCC. The number of allylic oxidation sites excluding steroid dienone is 1. The van der Waals surface area contributed by atoms with Gasteiger partial charge in [-0.15, -0.1) is 0 Å². The van der Waals surface area contributed by atoms with E-state index in [1.54, 1.807) is 11.9 Å². The third-order valence-electron chi connectivity index (χ3n) is 8.21. The number of nitrogens with zero attached hydrogens (tertiary/aromatic N) is 2. The minimum Gasteiger partial charge on any atom is -0.376 e. The molecule has 2 aromatic carbocycles. The number of benzene rings is 2. The van der Waals surface area contributed by atoms with Crippen molar-refractivity contribution in [2.24, 2.45) is 0 Å². The summed E-state index contributed by atoms with van der Waals surface area (Å²) in [6.07, 6.45) is 4.44. The van der Waals surface area contributed by atoms with Crippen molar-refractivity contribution in [1.82, 2.24) is 19.2 Å². The summed E-state index contributed by atoms with van der Waals surface area (Å²) in [7, 11) is 0. The van der Waals surface area contributed by atoms with Crippen LogP contribution in [0.3, 0.4) is 0 Å². The standard InChI is InChI=1S/C30H34N4S.C3H8/c1-18-27(19(2)31-30(18,4)5)28-22-12-8-10-14-25(22)33-16-15-23(32-35-6)20(3)34-24-13-9-7-11-21(24)17-26(34)29(28)33;1-3-2/h7-14,17,20,23,31-32H,2,15-16H2,1,3-6H3;3H2,1-2H3. The smallest absolute Gasteiger partial charge is 0.0739 e. The molecule has 4 heterocycles. The summed E-state index contributed by atoms with van der Waals surface area (Å²) in [4.78, 5) is 0. The maximum atomic E-state index is 4.49. The molecule has 0 bridgehead atoms. The quantitative estimate of drug-likeness (QED) is 0.262. The van der Waals surface area contributed by atoms with Gasteiger partial charge in [-0.05, 0) is 64.1 Å². The van der Waals surface area contributed by atoms with Gasteiger partial charge >= 0.3 is 0 Å². The first kappa shape index (κ1) is 26.7. The number of aromatic nitrogens is 2. The highest BCUT2D eigenvalue weighted by Crippen LogP contribution is 2.48. The molecule has 0 amide bonds. The maximum Gasteiger partial charge on any atom is 0.0739 e. The molecule has 2 atom stereocenters. The van der Waals surface area contributed by atoms with E-state index in [0.717, 1.165) is 18.7 Å². The summed E-state index contributed by atoms with van der Waals surface area (Å²) in [5.74, 6) is 0. The summed E-state index contributed by atoms with van der Waals surface area (Å²) in [5, 5.41) is 6.26. The molecule has 200 valence electrons. The summed E-state index contributed by atoms with van der Waals surface area (Å²) in [5.41, 5.74) is 10.0. The van der Waals surface area contributed by atoms with Gasteiger partial charge in [0.1, 0.15) is 0 Å². The third kappa shape index (κ3) is 4.20. The normalized spacial score (nSPS) is 20.4. The number of hydrogen-bond donors (Lipinski definition) is 2. The lowest BCUT2D eigenvalue weighted by atomic mass is 9.90. The van der Waals surface area contributed by atoms with Crippen molar-refractivity contribution in [2.45, 2.75) is 78.6 Å². The molecule has 4 nitrogen and oxygen atoms in total. The van der Waals surface area contributed by atoms with Crippen molar-refractivity contribution < 1.29 is 0 Å². The van der Waals surface area contributed by atoms with Crippen LogP contribution in [0.5, 0.6) is 0 Å². The van der Waals surface area contributed by atoms with E-state index < -0.39 is 0 Å². The minimum atomic E-state index is -0.114. The summed E-state index contributed by atoms with van der Waals surface area (Å²) in [6, 6.07) is 20.8. The van der Waals surface area contributed by atoms with Gasteiger partial charge in [0.25, 0.3) is 0 Å². The van der Waals surface area contributed by atoms with Crippen LogP contribution < -0.4 is 10.0 Å². The lowest BCUT2D eigenvalue weighted by Gasteiger charge is -2.31. The minimum absolute atomic E-state index is 0.114. The van der Waals surface area contributed by atoms with Gasteiger partial charge in [0, 0.05) is 57.3 Å². The Morgan fingerprint density at radius 2 is 1.74 bits per heavy atom. The molecule has 4 aromatic rings. The summed E-state index contributed by atoms with van der Waals surface area (Å²) in [6.45, 7) is 18.8. The Labute approximate surface area is 232 Å². The molecule has 2 N–H and O–H groups in total. The van der Waals surface area contributed by atoms with E-state index in [0.29, 0.717) is 12.1 Å². The lowest BCUT2D eigenvalue weighted by molar-refractivity contribution is 0.386. The molecule has 0 saturated carbocycles. The van der Waals surface area contributed by atoms with Crippen molar-refractivity contribution in [2.75, 3.05) is 6.26 Å². The van der Waals surface area contributed by atoms with Crippen molar-refractivity contribution in [1.29, 1.82) is 0 Å². The van der Waals surface area contributed by atoms with E-state index >= 15 is 0 Å². The maximum absolute atomic E-state index is 4.49. The van der Waals surface area contributed by atoms with Crippen LogP contribution in [0.1, 0.15) is 66.0 Å². The van der Waals surface area contributed by atoms with Gasteiger partial charge in [0.2, 0.25) is 0 Å². The number of rotatable bonds is 3. The summed E-state index contributed by atoms with van der Waals surface area (Å²) < 4.78 is 8.85. The second-order valence-corrected chi connectivity index (χ2v) is 11.9. The molecular formula is C33H42N4S. The second kappa shape index (κ2) is 10.3. The van der Waals surface area contributed by atoms with Crippen LogP contribution in [0.15, 0.2) is 72.4 Å². The van der Waals surface area contributed by atoms with E-state index in [1.165, 1.54) is 56.3 Å². The van der Waals surface area contributed by atoms with Gasteiger partial charge in [0.15, 0.2) is 0 Å². The first-order chi connectivity index (χ1) is 18.2. The molecule has 2 aromatic heterocycles. The number of para-hydroxylation sites is 2. The molecule has 0 fully saturated rings. The molecule has 0 radical (unpaired) electrons. The average Bonchev–Trinajstić information content (AvgIpc) is 3.47. The van der Waals surface area contributed by atoms with E-state index in [4.69, 9.17) is 0 Å². The Hall–Kier alpha value is -2.89. The van der Waals surface area contributed by atoms with E-state index in [2.05, 4.69) is 128 Å². The third-order valence-corrected chi connectivity index (χ3v) is 8.75. The van der Waals surface area contributed by atoms with Gasteiger partial charge in [-0.3, -0.25) is 4.72 Å². The van der Waals surface area contributed by atoms with Crippen LogP contribution in [0.4, 0.5) is 0 Å². The number of nitrogens with one attached hydrogen (secondary N) is 2. The monoisotopic (exact) mass is 526 g/mol. The van der Waals surface area contributed by atoms with Crippen LogP contribution in [-0.2, 0) is 6.54 Å². The highest BCUT2D eigenvalue weighted by atomic mass is 32.2. The van der Waals surface area contributed by atoms with Crippen molar-refractivity contribution in [3.8, 4) is 11.4 Å². The molecule has 0 saturated heterocycles. The van der Waals surface area contributed by atoms with Crippen LogP contribution in [-0.4, -0.2) is 27.0 Å². The lowest BCUT2D eigenvalue weighted by Crippen LogP contribution is -2.35. The average molecular weight is 527 g/mol. The number of hydrogen-bond acceptors (Lipinski definition) is 3. The van der Waals surface area contributed by atoms with Crippen LogP contribution >= 0.6 is 11.9 Å². The zero-order chi connectivity index (χ0) is 27.2. The highest BCUT2D eigenvalue weighted by Gasteiger charge is 2.37. The molecule has 2 unspecified atom stereocenters. The fraction of sp³-hybridized carbons (Fsp3) is 0.394. The largest absolute Gasteiger partial charge is 0.376 e. The molecule has 2 aliphatic heterocycles. The van der Waals surface area contributed by atoms with Crippen molar-refractivity contribution >= 4 is 39.3 Å². The van der Waals surface area contributed by atoms with Gasteiger partial charge in [-0.1, -0.05) is 75.2 Å². The van der Waals surface area contributed by atoms with Crippen LogP contribution in [0.25, 0.3) is 38.8 Å². The first-order valence-corrected chi connectivity index (χ1v) is 15.2. The van der Waals surface area contributed by atoms with Crippen molar-refractivity contribution in [3.05, 3.63) is 78.0 Å². The van der Waals surface area contributed by atoms with Gasteiger partial charge in [-0.25, -0.2) is 0 Å². The first-order valence-electron chi connectivity index (χ1n) is 13.9. The van der Waals surface area contributed by atoms with Gasteiger partial charge in [-0.2, -0.15) is 0 Å². The molecular weight excluding hydrogens is 484 g/mol. The Bertz CT molecular complexity index is 1530. The molecule has 2 aliphatic rings. The van der Waals surface area contributed by atoms with Crippen molar-refractivity contribution in [3.63, 3.8) is 0 Å². The van der Waals surface area contributed by atoms with Crippen LogP contribution in [0, 0.1) is 0 Å². The highest BCUT2D eigenvalue weighted by molar-refractivity contribution is 7.96. The second-order valence-electron chi connectivity index (χ2n) is 11.2. The fourth-order valence-corrected chi connectivity index (χ4v) is 6.88. The van der Waals surface area contributed by atoms with E-state index in [9.17, 15) is 0 Å². The van der Waals surface area contributed by atoms with E-state index in [1.807, 2.05) is 0 Å². The van der Waals surface area contributed by atoms with Gasteiger partial charge < -0.3 is 14.5 Å². The summed E-state index contributed by atoms with van der Waals surface area (Å²) >= 11 is 1.72. The number of aryl methyl sites for hydroxylation is 1.